The van der Waals surface area contributed by atoms with Crippen molar-refractivity contribution in [2.75, 3.05) is 11.9 Å². The molecule has 1 unspecified atom stereocenters. The van der Waals surface area contributed by atoms with Gasteiger partial charge in [-0.15, -0.1) is 0 Å². The number of carbonyl (C=O) groups is 2. The Labute approximate surface area is 270 Å². The molecule has 4 rings (SSSR count). The summed E-state index contributed by atoms with van der Waals surface area (Å²) >= 11 is 0. The van der Waals surface area contributed by atoms with Crippen molar-refractivity contribution < 1.29 is 14.3 Å². The maximum Gasteiger partial charge on any atom is 0.305 e. The number of esters is 1. The van der Waals surface area contributed by atoms with Crippen LogP contribution in [0.1, 0.15) is 103 Å². The molecule has 0 amide bonds. The molecule has 5 nitrogen and oxygen atoms in total. The minimum Gasteiger partial charge on any atom is -0.466 e. The summed E-state index contributed by atoms with van der Waals surface area (Å²) in [5, 5.41) is 3.78. The Bertz CT molecular complexity index is 1520. The second kappa shape index (κ2) is 16.8. The average Bonchev–Trinajstić information content (AvgIpc) is 3.35. The highest BCUT2D eigenvalue weighted by atomic mass is 16.5. The van der Waals surface area contributed by atoms with E-state index in [4.69, 9.17) is 4.74 Å². The molecule has 0 saturated heterocycles. The van der Waals surface area contributed by atoms with Gasteiger partial charge in [-0.1, -0.05) is 87.5 Å². The molecule has 1 N–H and O–H groups in total. The van der Waals surface area contributed by atoms with Crippen LogP contribution in [0.2, 0.25) is 0 Å². The summed E-state index contributed by atoms with van der Waals surface area (Å²) in [7, 11) is 2.01. The van der Waals surface area contributed by atoms with Gasteiger partial charge in [0.25, 0.3) is 0 Å². The number of benzene rings is 3. The summed E-state index contributed by atoms with van der Waals surface area (Å²) in [6, 6.07) is 29.7. The highest BCUT2D eigenvalue weighted by Crippen LogP contribution is 2.28. The summed E-state index contributed by atoms with van der Waals surface area (Å²) < 4.78 is 7.20. The Morgan fingerprint density at radius 2 is 1.60 bits per heavy atom. The van der Waals surface area contributed by atoms with Crippen LogP contribution in [0.3, 0.4) is 0 Å². The molecular formula is C40H50N2O3. The van der Waals surface area contributed by atoms with E-state index in [9.17, 15) is 9.59 Å². The summed E-state index contributed by atoms with van der Waals surface area (Å²) in [6.07, 6.45) is 6.67. The Balaban J connectivity index is 1.52. The van der Waals surface area contributed by atoms with Crippen LogP contribution in [0, 0.1) is 5.92 Å². The molecule has 1 atom stereocenters. The molecule has 0 bridgehead atoms. The van der Waals surface area contributed by atoms with Crippen LogP contribution in [-0.2, 0) is 42.3 Å². The van der Waals surface area contributed by atoms with Crippen molar-refractivity contribution in [3.05, 3.63) is 124 Å². The zero-order valence-corrected chi connectivity index (χ0v) is 27.8. The molecule has 45 heavy (non-hydrogen) atoms. The van der Waals surface area contributed by atoms with Gasteiger partial charge in [-0.25, -0.2) is 0 Å². The van der Waals surface area contributed by atoms with Crippen molar-refractivity contribution in [2.45, 2.75) is 85.1 Å². The van der Waals surface area contributed by atoms with Crippen LogP contribution in [0.4, 0.5) is 5.69 Å². The molecule has 1 heterocycles. The third-order valence-electron chi connectivity index (χ3n) is 8.45. The Hall–Kier alpha value is -4.12. The number of anilines is 1. The highest BCUT2D eigenvalue weighted by molar-refractivity contribution is 6.10. The minimum atomic E-state index is -0.173. The first-order valence-electron chi connectivity index (χ1n) is 16.7. The fraction of sp³-hybridized carbons (Fsp3) is 0.400. The molecule has 0 aliphatic carbocycles. The van der Waals surface area contributed by atoms with Gasteiger partial charge in [-0.2, -0.15) is 0 Å². The number of aryl methyl sites for hydroxylation is 2. The average molecular weight is 607 g/mol. The lowest BCUT2D eigenvalue weighted by atomic mass is 9.95. The van der Waals surface area contributed by atoms with Crippen LogP contribution in [-0.4, -0.2) is 22.9 Å². The van der Waals surface area contributed by atoms with Crippen molar-refractivity contribution in [2.24, 2.45) is 13.0 Å². The van der Waals surface area contributed by atoms with Crippen molar-refractivity contribution in [3.8, 4) is 0 Å². The van der Waals surface area contributed by atoms with E-state index in [1.54, 1.807) is 0 Å². The normalized spacial score (nSPS) is 11.9. The monoisotopic (exact) mass is 606 g/mol. The Morgan fingerprint density at radius 3 is 2.29 bits per heavy atom. The van der Waals surface area contributed by atoms with Crippen LogP contribution in [0.5, 0.6) is 0 Å². The van der Waals surface area contributed by atoms with Gasteiger partial charge in [0.15, 0.2) is 5.78 Å². The quantitative estimate of drug-likeness (QED) is 0.0962. The maximum absolute atomic E-state index is 13.9. The number of ether oxygens (including phenoxy) is 1. The summed E-state index contributed by atoms with van der Waals surface area (Å²) in [4.78, 5) is 25.7. The number of hydrogen-bond donors (Lipinski definition) is 1. The lowest BCUT2D eigenvalue weighted by Crippen LogP contribution is -2.12. The van der Waals surface area contributed by atoms with Crippen molar-refractivity contribution in [1.29, 1.82) is 0 Å². The zero-order chi connectivity index (χ0) is 32.2. The number of nitrogens with one attached hydrogen (secondary N) is 1. The second-order valence-electron chi connectivity index (χ2n) is 12.4. The number of nitrogens with zero attached hydrogens (tertiary/aromatic N) is 1. The second-order valence-corrected chi connectivity index (χ2v) is 12.4. The van der Waals surface area contributed by atoms with E-state index in [0.29, 0.717) is 30.9 Å². The highest BCUT2D eigenvalue weighted by Gasteiger charge is 2.20. The molecule has 0 aliphatic rings. The number of ketones is 1. The van der Waals surface area contributed by atoms with Crippen LogP contribution >= 0.6 is 0 Å². The van der Waals surface area contributed by atoms with Gasteiger partial charge in [0.1, 0.15) is 0 Å². The molecule has 5 heteroatoms. The van der Waals surface area contributed by atoms with Crippen LogP contribution in [0.15, 0.2) is 84.9 Å². The van der Waals surface area contributed by atoms with E-state index in [-0.39, 0.29) is 17.8 Å². The van der Waals surface area contributed by atoms with E-state index in [1.165, 1.54) is 16.7 Å². The maximum atomic E-state index is 13.9. The lowest BCUT2D eigenvalue weighted by Gasteiger charge is -2.22. The molecule has 0 fully saturated rings. The molecule has 0 saturated carbocycles. The van der Waals surface area contributed by atoms with Crippen molar-refractivity contribution in [1.82, 2.24) is 4.57 Å². The predicted octanol–water partition coefficient (Wildman–Crippen LogP) is 9.08. The fourth-order valence-corrected chi connectivity index (χ4v) is 6.15. The third-order valence-corrected chi connectivity index (χ3v) is 8.45. The topological polar surface area (TPSA) is 60.3 Å². The summed E-state index contributed by atoms with van der Waals surface area (Å²) in [5.41, 5.74) is 8.41. The first kappa shape index (κ1) is 33.8. The van der Waals surface area contributed by atoms with Gasteiger partial charge in [0, 0.05) is 41.7 Å². The largest absolute Gasteiger partial charge is 0.466 e. The SMILES string of the molecule is CCOC(=O)CCCc1cc(C(=O)c2cccc(NC(CCCc3ccccc3)c3ccc(CC(C)C)cc3)c2)c(CC)n1C. The molecule has 4 aromatic rings. The van der Waals surface area contributed by atoms with Crippen LogP contribution in [0.25, 0.3) is 0 Å². The van der Waals surface area contributed by atoms with Gasteiger partial charge < -0.3 is 14.6 Å². The van der Waals surface area contributed by atoms with E-state index in [2.05, 4.69) is 91.3 Å². The lowest BCUT2D eigenvalue weighted by molar-refractivity contribution is -0.143. The minimum absolute atomic E-state index is 0.0291. The van der Waals surface area contributed by atoms with E-state index < -0.39 is 0 Å². The third kappa shape index (κ3) is 9.68. The fourth-order valence-electron chi connectivity index (χ4n) is 6.15. The first-order chi connectivity index (χ1) is 21.8. The molecule has 0 spiro atoms. The standard InChI is InChI=1S/C40H50N2O3/c1-6-38-36(28-35(42(38)5)19-13-21-39(43)45-7-2)40(44)33-17-12-18-34(27-33)41-37(20-11-16-30-14-9-8-10-15-30)32-24-22-31(23-25-32)26-29(3)4/h8-10,12,14-15,17-18,22-25,27-29,37,41H,6-7,11,13,16,19-21,26H2,1-5H3. The van der Waals surface area contributed by atoms with Crippen molar-refractivity contribution >= 4 is 17.4 Å². The first-order valence-corrected chi connectivity index (χ1v) is 16.7. The Kier molecular flexibility index (Phi) is 12.6. The smallest absolute Gasteiger partial charge is 0.305 e. The number of hydrogen-bond acceptors (Lipinski definition) is 4. The van der Waals surface area contributed by atoms with Gasteiger partial charge in [0.2, 0.25) is 0 Å². The molecule has 238 valence electrons. The van der Waals surface area contributed by atoms with Crippen molar-refractivity contribution in [3.63, 3.8) is 0 Å². The van der Waals surface area contributed by atoms with Gasteiger partial charge in [-0.05, 0) is 92.7 Å². The van der Waals surface area contributed by atoms with E-state index >= 15 is 0 Å². The summed E-state index contributed by atoms with van der Waals surface area (Å²) in [6.45, 7) is 8.81. The van der Waals surface area contributed by atoms with Gasteiger partial charge >= 0.3 is 5.97 Å². The predicted molar refractivity (Wildman–Crippen MR) is 185 cm³/mol. The van der Waals surface area contributed by atoms with Crippen LogP contribution < -0.4 is 5.32 Å². The molecule has 3 aromatic carbocycles. The van der Waals surface area contributed by atoms with Gasteiger partial charge in [-0.3, -0.25) is 9.59 Å². The molecular weight excluding hydrogens is 556 g/mol. The van der Waals surface area contributed by atoms with E-state index in [0.717, 1.165) is 61.2 Å². The zero-order valence-electron chi connectivity index (χ0n) is 27.8. The molecule has 1 aromatic heterocycles. The Morgan fingerprint density at radius 1 is 0.844 bits per heavy atom. The number of rotatable bonds is 17. The molecule has 0 aliphatic heterocycles. The molecule has 0 radical (unpaired) electrons. The van der Waals surface area contributed by atoms with Gasteiger partial charge in [0.05, 0.1) is 12.6 Å². The van der Waals surface area contributed by atoms with E-state index in [1.807, 2.05) is 38.2 Å². The summed E-state index contributed by atoms with van der Waals surface area (Å²) in [5.74, 6) is 0.476. The number of aromatic nitrogens is 1. The number of carbonyl (C=O) groups excluding carboxylic acids is 2.